The summed E-state index contributed by atoms with van der Waals surface area (Å²) in [6.45, 7) is 4.86. The largest absolute Gasteiger partial charge is 0.383 e. The SMILES string of the molecule is COCCN(Cc1cnc(S(=O)(=O)Cc2ccc(F)cc2)n1Cc1ccccc1)C(=O)C(C)C. The van der Waals surface area contributed by atoms with Crippen molar-refractivity contribution in [1.82, 2.24) is 14.5 Å². The van der Waals surface area contributed by atoms with Crippen molar-refractivity contribution in [3.63, 3.8) is 0 Å². The fraction of sp³-hybridized carbons (Fsp3) is 0.360. The fourth-order valence-corrected chi connectivity index (χ4v) is 5.09. The highest BCUT2D eigenvalue weighted by Gasteiger charge is 2.26. The predicted octanol–water partition coefficient (Wildman–Crippen LogP) is 3.68. The molecule has 0 saturated carbocycles. The second-order valence-electron chi connectivity index (χ2n) is 8.40. The molecule has 9 heteroatoms. The summed E-state index contributed by atoms with van der Waals surface area (Å²) >= 11 is 0. The number of aromatic nitrogens is 2. The molecular formula is C25H30FN3O4S. The standard InChI is InChI=1S/C25H30FN3O4S/c1-19(2)24(30)28(13-14-33-3)17-23-15-27-25(29(23)16-20-7-5-4-6-8-20)34(31,32)18-21-9-11-22(26)12-10-21/h4-12,15,19H,13-14,16-18H2,1-3H3. The van der Waals surface area contributed by atoms with Crippen LogP contribution in [0.25, 0.3) is 0 Å². The molecule has 3 aromatic rings. The molecule has 3 rings (SSSR count). The summed E-state index contributed by atoms with van der Waals surface area (Å²) in [6.07, 6.45) is 1.51. The molecule has 7 nitrogen and oxygen atoms in total. The maximum Gasteiger partial charge on any atom is 0.228 e. The van der Waals surface area contributed by atoms with E-state index in [9.17, 15) is 17.6 Å². The highest BCUT2D eigenvalue weighted by atomic mass is 32.2. The molecule has 0 bridgehead atoms. The normalized spacial score (nSPS) is 11.7. The number of hydrogen-bond donors (Lipinski definition) is 0. The molecule has 182 valence electrons. The Morgan fingerprint density at radius 2 is 1.76 bits per heavy atom. The average Bonchev–Trinajstić information content (AvgIpc) is 3.21. The Bertz CT molecular complexity index is 1190. The third-order valence-corrected chi connectivity index (χ3v) is 6.95. The Kier molecular flexibility index (Phi) is 8.57. The summed E-state index contributed by atoms with van der Waals surface area (Å²) < 4.78 is 46.7. The molecule has 1 heterocycles. The summed E-state index contributed by atoms with van der Waals surface area (Å²) in [5, 5.41) is -0.0839. The molecule has 1 aromatic heterocycles. The van der Waals surface area contributed by atoms with Crippen molar-refractivity contribution in [1.29, 1.82) is 0 Å². The molecule has 0 fully saturated rings. The van der Waals surface area contributed by atoms with E-state index in [2.05, 4.69) is 4.98 Å². The van der Waals surface area contributed by atoms with E-state index in [0.717, 1.165) is 5.56 Å². The summed E-state index contributed by atoms with van der Waals surface area (Å²) in [6, 6.07) is 14.8. The van der Waals surface area contributed by atoms with Crippen molar-refractivity contribution in [2.75, 3.05) is 20.3 Å². The van der Waals surface area contributed by atoms with Crippen LogP contribution >= 0.6 is 0 Å². The lowest BCUT2D eigenvalue weighted by atomic mass is 10.2. The third kappa shape index (κ3) is 6.51. The van der Waals surface area contributed by atoms with Gasteiger partial charge in [-0.15, -0.1) is 0 Å². The Balaban J connectivity index is 1.99. The molecule has 0 saturated heterocycles. The second kappa shape index (κ2) is 11.4. The zero-order valence-electron chi connectivity index (χ0n) is 19.6. The number of carbonyl (C=O) groups excluding carboxylic acids is 1. The van der Waals surface area contributed by atoms with Crippen molar-refractivity contribution in [3.8, 4) is 0 Å². The molecule has 34 heavy (non-hydrogen) atoms. The molecular weight excluding hydrogens is 457 g/mol. The lowest BCUT2D eigenvalue weighted by Gasteiger charge is -2.25. The highest BCUT2D eigenvalue weighted by Crippen LogP contribution is 2.21. The molecule has 2 aromatic carbocycles. The molecule has 0 radical (unpaired) electrons. The van der Waals surface area contributed by atoms with E-state index in [0.29, 0.717) is 24.4 Å². The molecule has 0 aliphatic heterocycles. The molecule has 0 atom stereocenters. The number of nitrogens with zero attached hydrogens (tertiary/aromatic N) is 3. The first-order chi connectivity index (χ1) is 16.2. The predicted molar refractivity (Wildman–Crippen MR) is 127 cm³/mol. The maximum absolute atomic E-state index is 13.3. The number of hydrogen-bond acceptors (Lipinski definition) is 5. The van der Waals surface area contributed by atoms with Crippen LogP contribution in [0.15, 0.2) is 66.0 Å². The van der Waals surface area contributed by atoms with Crippen LogP contribution in [0.5, 0.6) is 0 Å². The van der Waals surface area contributed by atoms with E-state index in [-0.39, 0.29) is 35.8 Å². The molecule has 0 aliphatic rings. The number of rotatable bonds is 11. The van der Waals surface area contributed by atoms with Gasteiger partial charge in [-0.3, -0.25) is 4.79 Å². The minimum Gasteiger partial charge on any atom is -0.383 e. The van der Waals surface area contributed by atoms with Gasteiger partial charge in [0, 0.05) is 19.6 Å². The lowest BCUT2D eigenvalue weighted by molar-refractivity contribution is -0.135. The van der Waals surface area contributed by atoms with Gasteiger partial charge in [0.05, 0.1) is 37.3 Å². The Hall–Kier alpha value is -3.04. The Morgan fingerprint density at radius 1 is 1.09 bits per heavy atom. The van der Waals surface area contributed by atoms with Crippen LogP contribution in [-0.4, -0.2) is 49.0 Å². The zero-order chi connectivity index (χ0) is 24.7. The summed E-state index contributed by atoms with van der Waals surface area (Å²) in [4.78, 5) is 18.7. The van der Waals surface area contributed by atoms with Crippen LogP contribution in [0.1, 0.15) is 30.7 Å². The van der Waals surface area contributed by atoms with Crippen molar-refractivity contribution >= 4 is 15.7 Å². The molecule has 1 amide bonds. The number of carbonyl (C=O) groups is 1. The van der Waals surface area contributed by atoms with Crippen LogP contribution in [0.4, 0.5) is 4.39 Å². The van der Waals surface area contributed by atoms with Crippen LogP contribution in [0, 0.1) is 11.7 Å². The number of amides is 1. The van der Waals surface area contributed by atoms with Gasteiger partial charge >= 0.3 is 0 Å². The average molecular weight is 488 g/mol. The van der Waals surface area contributed by atoms with Gasteiger partial charge in [-0.25, -0.2) is 17.8 Å². The maximum atomic E-state index is 13.3. The topological polar surface area (TPSA) is 81.5 Å². The molecule has 0 N–H and O–H groups in total. The quantitative estimate of drug-likeness (QED) is 0.412. The van der Waals surface area contributed by atoms with Crippen LogP contribution < -0.4 is 0 Å². The van der Waals surface area contributed by atoms with Crippen LogP contribution in [0.2, 0.25) is 0 Å². The van der Waals surface area contributed by atoms with Gasteiger partial charge in [0.15, 0.2) is 0 Å². The van der Waals surface area contributed by atoms with Crippen molar-refractivity contribution in [2.45, 2.75) is 37.8 Å². The summed E-state index contributed by atoms with van der Waals surface area (Å²) in [7, 11) is -2.28. The molecule has 0 spiro atoms. The van der Waals surface area contributed by atoms with Gasteiger partial charge < -0.3 is 14.2 Å². The zero-order valence-corrected chi connectivity index (χ0v) is 20.5. The van der Waals surface area contributed by atoms with Crippen molar-refractivity contribution in [3.05, 3.63) is 83.4 Å². The van der Waals surface area contributed by atoms with E-state index in [1.807, 2.05) is 44.2 Å². The van der Waals surface area contributed by atoms with Crippen molar-refractivity contribution in [2.24, 2.45) is 5.92 Å². The third-order valence-electron chi connectivity index (χ3n) is 5.36. The number of halogens is 1. The number of ether oxygens (including phenoxy) is 1. The number of benzene rings is 2. The Morgan fingerprint density at radius 3 is 2.38 bits per heavy atom. The first-order valence-electron chi connectivity index (χ1n) is 11.0. The van der Waals surface area contributed by atoms with E-state index in [1.165, 1.54) is 30.5 Å². The first-order valence-corrected chi connectivity index (χ1v) is 12.7. The van der Waals surface area contributed by atoms with E-state index < -0.39 is 15.7 Å². The minimum atomic E-state index is -3.84. The van der Waals surface area contributed by atoms with Gasteiger partial charge in [-0.2, -0.15) is 0 Å². The number of sulfone groups is 1. The van der Waals surface area contributed by atoms with E-state index in [4.69, 9.17) is 4.74 Å². The van der Waals surface area contributed by atoms with Gasteiger partial charge in [0.1, 0.15) is 5.82 Å². The lowest BCUT2D eigenvalue weighted by Crippen LogP contribution is -2.37. The highest BCUT2D eigenvalue weighted by molar-refractivity contribution is 7.90. The summed E-state index contributed by atoms with van der Waals surface area (Å²) in [5.74, 6) is -1.01. The van der Waals surface area contributed by atoms with E-state index in [1.54, 1.807) is 16.6 Å². The number of methoxy groups -OCH3 is 1. The van der Waals surface area contributed by atoms with Crippen LogP contribution in [0.3, 0.4) is 0 Å². The van der Waals surface area contributed by atoms with Crippen LogP contribution in [-0.2, 0) is 38.2 Å². The van der Waals surface area contributed by atoms with Gasteiger partial charge in [-0.05, 0) is 23.3 Å². The van der Waals surface area contributed by atoms with Crippen molar-refractivity contribution < 1.29 is 22.3 Å². The Labute approximate surface area is 200 Å². The monoisotopic (exact) mass is 487 g/mol. The van der Waals surface area contributed by atoms with Gasteiger partial charge in [-0.1, -0.05) is 56.3 Å². The smallest absolute Gasteiger partial charge is 0.228 e. The second-order valence-corrected chi connectivity index (χ2v) is 10.3. The number of imidazole rings is 1. The van der Waals surface area contributed by atoms with Gasteiger partial charge in [0.25, 0.3) is 0 Å². The molecule has 0 aliphatic carbocycles. The minimum absolute atomic E-state index is 0.0553. The first kappa shape index (κ1) is 25.6. The van der Waals surface area contributed by atoms with E-state index >= 15 is 0 Å². The summed E-state index contributed by atoms with van der Waals surface area (Å²) in [5.41, 5.74) is 1.97. The fourth-order valence-electron chi connectivity index (χ4n) is 3.60. The molecule has 0 unspecified atom stereocenters. The van der Waals surface area contributed by atoms with Gasteiger partial charge in [0.2, 0.25) is 20.9 Å².